The number of carbonyl (C=O) groups is 1. The summed E-state index contributed by atoms with van der Waals surface area (Å²) >= 11 is 0. The van der Waals surface area contributed by atoms with Gasteiger partial charge in [0.25, 0.3) is 0 Å². The lowest BCUT2D eigenvalue weighted by atomic mass is 10.1. The van der Waals surface area contributed by atoms with E-state index in [1.165, 1.54) is 0 Å². The van der Waals surface area contributed by atoms with Crippen LogP contribution in [0.25, 0.3) is 11.3 Å². The molecule has 1 N–H and O–H groups in total. The highest BCUT2D eigenvalue weighted by Crippen LogP contribution is 2.34. The lowest BCUT2D eigenvalue weighted by Gasteiger charge is -2.08. The molecule has 0 spiro atoms. The summed E-state index contributed by atoms with van der Waals surface area (Å²) in [6, 6.07) is 8.69. The number of aliphatic carboxylic acids is 1. The molecule has 0 aliphatic heterocycles. The molecule has 0 amide bonds. The zero-order valence-corrected chi connectivity index (χ0v) is 10.7. The molecule has 0 saturated heterocycles. The van der Waals surface area contributed by atoms with Crippen LogP contribution in [0.1, 0.15) is 5.76 Å². The Bertz CT molecular complexity index is 585. The second-order valence-electron chi connectivity index (χ2n) is 3.90. The molecular formula is C14H14O5. The Labute approximate surface area is 110 Å². The molecule has 1 aromatic heterocycles. The van der Waals surface area contributed by atoms with Gasteiger partial charge in [-0.3, -0.25) is 4.79 Å². The summed E-state index contributed by atoms with van der Waals surface area (Å²) in [5, 5.41) is 8.72. The molecule has 2 aromatic rings. The van der Waals surface area contributed by atoms with Crippen molar-refractivity contribution < 1.29 is 23.8 Å². The molecule has 0 saturated carbocycles. The molecule has 0 radical (unpaired) electrons. The van der Waals surface area contributed by atoms with Crippen LogP contribution in [0.15, 0.2) is 34.7 Å². The fraction of sp³-hybridized carbons (Fsp3) is 0.214. The van der Waals surface area contributed by atoms with E-state index in [0.717, 1.165) is 5.56 Å². The van der Waals surface area contributed by atoms with Crippen LogP contribution in [0, 0.1) is 0 Å². The Morgan fingerprint density at radius 2 is 2.00 bits per heavy atom. The first-order chi connectivity index (χ1) is 9.13. The van der Waals surface area contributed by atoms with Crippen molar-refractivity contribution in [2.75, 3.05) is 14.2 Å². The second kappa shape index (κ2) is 5.48. The van der Waals surface area contributed by atoms with Gasteiger partial charge in [-0.1, -0.05) is 0 Å². The quantitative estimate of drug-likeness (QED) is 0.896. The monoisotopic (exact) mass is 262 g/mol. The highest BCUT2D eigenvalue weighted by Gasteiger charge is 2.13. The Kier molecular flexibility index (Phi) is 3.75. The third-order valence-corrected chi connectivity index (χ3v) is 2.66. The van der Waals surface area contributed by atoms with Crippen molar-refractivity contribution >= 4 is 5.97 Å². The van der Waals surface area contributed by atoms with Crippen LogP contribution in [0.5, 0.6) is 11.5 Å². The van der Waals surface area contributed by atoms with E-state index in [-0.39, 0.29) is 6.42 Å². The maximum absolute atomic E-state index is 10.6. The molecule has 5 nitrogen and oxygen atoms in total. The van der Waals surface area contributed by atoms with Crippen LogP contribution in [-0.4, -0.2) is 25.3 Å². The number of hydrogen-bond donors (Lipinski definition) is 1. The SMILES string of the molecule is COc1ccc(OC)c(-c2ccc(CC(=O)O)o2)c1. The van der Waals surface area contributed by atoms with E-state index in [1.54, 1.807) is 44.6 Å². The second-order valence-corrected chi connectivity index (χ2v) is 3.90. The van der Waals surface area contributed by atoms with E-state index >= 15 is 0 Å². The van der Waals surface area contributed by atoms with Crippen LogP contribution < -0.4 is 9.47 Å². The summed E-state index contributed by atoms with van der Waals surface area (Å²) in [6.45, 7) is 0. The van der Waals surface area contributed by atoms with Gasteiger partial charge in [-0.2, -0.15) is 0 Å². The number of ether oxygens (including phenoxy) is 2. The molecule has 0 aliphatic rings. The third kappa shape index (κ3) is 2.88. The topological polar surface area (TPSA) is 68.9 Å². The van der Waals surface area contributed by atoms with Gasteiger partial charge in [-0.25, -0.2) is 0 Å². The average Bonchev–Trinajstić information content (AvgIpc) is 2.85. The number of furan rings is 1. The van der Waals surface area contributed by atoms with Gasteiger partial charge in [0, 0.05) is 0 Å². The fourth-order valence-electron chi connectivity index (χ4n) is 1.77. The van der Waals surface area contributed by atoms with Crippen LogP contribution >= 0.6 is 0 Å². The predicted octanol–water partition coefficient (Wildman–Crippen LogP) is 2.59. The summed E-state index contributed by atoms with van der Waals surface area (Å²) in [7, 11) is 3.13. The molecule has 1 aromatic carbocycles. The maximum Gasteiger partial charge on any atom is 0.311 e. The molecule has 19 heavy (non-hydrogen) atoms. The molecule has 2 rings (SSSR count). The first-order valence-corrected chi connectivity index (χ1v) is 5.67. The number of methoxy groups -OCH3 is 2. The highest BCUT2D eigenvalue weighted by molar-refractivity contribution is 5.71. The smallest absolute Gasteiger partial charge is 0.311 e. The van der Waals surface area contributed by atoms with E-state index in [4.69, 9.17) is 19.0 Å². The van der Waals surface area contributed by atoms with Crippen molar-refractivity contribution in [2.45, 2.75) is 6.42 Å². The number of hydrogen-bond acceptors (Lipinski definition) is 4. The normalized spacial score (nSPS) is 10.2. The molecule has 1 heterocycles. The van der Waals surface area contributed by atoms with Crippen molar-refractivity contribution in [1.29, 1.82) is 0 Å². The molecule has 0 atom stereocenters. The van der Waals surface area contributed by atoms with Gasteiger partial charge in [0.1, 0.15) is 29.4 Å². The number of carboxylic acids is 1. The largest absolute Gasteiger partial charge is 0.497 e. The summed E-state index contributed by atoms with van der Waals surface area (Å²) in [5.74, 6) is 1.32. The third-order valence-electron chi connectivity index (χ3n) is 2.66. The first kappa shape index (κ1) is 13.0. The number of carboxylic acid groups (broad SMARTS) is 1. The van der Waals surface area contributed by atoms with Gasteiger partial charge in [0.05, 0.1) is 19.8 Å². The predicted molar refractivity (Wildman–Crippen MR) is 68.6 cm³/mol. The van der Waals surface area contributed by atoms with Crippen LogP contribution in [0.3, 0.4) is 0 Å². The standard InChI is InChI=1S/C14H14O5/c1-17-9-3-5-12(18-2)11(7-9)13-6-4-10(19-13)8-14(15)16/h3-7H,8H2,1-2H3,(H,15,16). The summed E-state index contributed by atoms with van der Waals surface area (Å²) in [6.07, 6.45) is -0.147. The van der Waals surface area contributed by atoms with Crippen molar-refractivity contribution in [1.82, 2.24) is 0 Å². The lowest BCUT2D eigenvalue weighted by Crippen LogP contribution is -1.97. The van der Waals surface area contributed by atoms with E-state index in [1.807, 2.05) is 0 Å². The Balaban J connectivity index is 2.39. The van der Waals surface area contributed by atoms with Crippen LogP contribution in [0.4, 0.5) is 0 Å². The maximum atomic E-state index is 10.6. The minimum atomic E-state index is -0.932. The lowest BCUT2D eigenvalue weighted by molar-refractivity contribution is -0.136. The Morgan fingerprint density at radius 3 is 2.63 bits per heavy atom. The molecule has 100 valence electrons. The van der Waals surface area contributed by atoms with Crippen LogP contribution in [-0.2, 0) is 11.2 Å². The van der Waals surface area contributed by atoms with Crippen molar-refractivity contribution in [2.24, 2.45) is 0 Å². The summed E-state index contributed by atoms with van der Waals surface area (Å²) < 4.78 is 15.9. The molecule has 0 aliphatic carbocycles. The van der Waals surface area contributed by atoms with E-state index in [0.29, 0.717) is 23.0 Å². The Morgan fingerprint density at radius 1 is 1.21 bits per heavy atom. The van der Waals surface area contributed by atoms with Crippen molar-refractivity contribution in [3.63, 3.8) is 0 Å². The van der Waals surface area contributed by atoms with Crippen molar-refractivity contribution in [3.05, 3.63) is 36.1 Å². The molecule has 0 unspecified atom stereocenters. The molecule has 5 heteroatoms. The van der Waals surface area contributed by atoms with Crippen LogP contribution in [0.2, 0.25) is 0 Å². The molecule has 0 bridgehead atoms. The minimum Gasteiger partial charge on any atom is -0.497 e. The molecule has 0 fully saturated rings. The first-order valence-electron chi connectivity index (χ1n) is 5.67. The minimum absolute atomic E-state index is 0.147. The highest BCUT2D eigenvalue weighted by atomic mass is 16.5. The van der Waals surface area contributed by atoms with Gasteiger partial charge in [-0.05, 0) is 30.3 Å². The zero-order valence-electron chi connectivity index (χ0n) is 10.7. The van der Waals surface area contributed by atoms with E-state index in [9.17, 15) is 4.79 Å². The Hall–Kier alpha value is -2.43. The number of benzene rings is 1. The summed E-state index contributed by atoms with van der Waals surface area (Å²) in [4.78, 5) is 10.6. The summed E-state index contributed by atoms with van der Waals surface area (Å²) in [5.41, 5.74) is 0.721. The van der Waals surface area contributed by atoms with Crippen molar-refractivity contribution in [3.8, 4) is 22.8 Å². The molecular weight excluding hydrogens is 248 g/mol. The van der Waals surface area contributed by atoms with Gasteiger partial charge in [0.2, 0.25) is 0 Å². The van der Waals surface area contributed by atoms with Gasteiger partial charge in [0.15, 0.2) is 0 Å². The van der Waals surface area contributed by atoms with Gasteiger partial charge >= 0.3 is 5.97 Å². The number of rotatable bonds is 5. The average molecular weight is 262 g/mol. The van der Waals surface area contributed by atoms with Gasteiger partial charge < -0.3 is 19.0 Å². The fourth-order valence-corrected chi connectivity index (χ4v) is 1.77. The van der Waals surface area contributed by atoms with E-state index < -0.39 is 5.97 Å². The van der Waals surface area contributed by atoms with E-state index in [2.05, 4.69) is 0 Å². The van der Waals surface area contributed by atoms with Gasteiger partial charge in [-0.15, -0.1) is 0 Å². The zero-order chi connectivity index (χ0) is 13.8.